The average Bonchev–Trinajstić information content (AvgIpc) is 2.84. The lowest BCUT2D eigenvalue weighted by molar-refractivity contribution is 0.402. The van der Waals surface area contributed by atoms with Gasteiger partial charge in [0.25, 0.3) is 0 Å². The zero-order valence-corrected chi connectivity index (χ0v) is 10.7. The Kier molecular flexibility index (Phi) is 3.28. The molecule has 0 bridgehead atoms. The molecule has 0 aliphatic carbocycles. The van der Waals surface area contributed by atoms with Gasteiger partial charge in [-0.15, -0.1) is 0 Å². The van der Waals surface area contributed by atoms with Crippen molar-refractivity contribution in [3.05, 3.63) is 34.8 Å². The summed E-state index contributed by atoms with van der Waals surface area (Å²) in [6.07, 6.45) is 1.74. The zero-order valence-electron chi connectivity index (χ0n) is 10.7. The molecule has 2 rings (SSSR count). The maximum atomic E-state index is 5.48. The maximum Gasteiger partial charge on any atom is 0.211 e. The van der Waals surface area contributed by atoms with Crippen LogP contribution in [0.25, 0.3) is 0 Å². The molecule has 0 aliphatic rings. The molecule has 5 heteroatoms. The summed E-state index contributed by atoms with van der Waals surface area (Å²) in [5.41, 5.74) is 3.34. The first kappa shape index (κ1) is 11.9. The molecule has 0 fully saturated rings. The lowest BCUT2D eigenvalue weighted by Gasteiger charge is -2.10. The van der Waals surface area contributed by atoms with Gasteiger partial charge in [-0.1, -0.05) is 0 Å². The van der Waals surface area contributed by atoms with Crippen molar-refractivity contribution in [1.82, 2.24) is 20.5 Å². The predicted molar refractivity (Wildman–Crippen MR) is 64.6 cm³/mol. The highest BCUT2D eigenvalue weighted by Crippen LogP contribution is 2.14. The smallest absolute Gasteiger partial charge is 0.211 e. The van der Waals surface area contributed by atoms with Crippen molar-refractivity contribution in [1.29, 1.82) is 0 Å². The number of hydrogen-bond donors (Lipinski definition) is 2. The molecule has 0 saturated carbocycles. The first-order chi connectivity index (χ1) is 8.08. The van der Waals surface area contributed by atoms with Gasteiger partial charge in [0.2, 0.25) is 5.89 Å². The average molecular weight is 234 g/mol. The molecule has 2 aromatic heterocycles. The molecule has 17 heavy (non-hydrogen) atoms. The standard InChI is InChI=1S/C12H18N4O/c1-7-5-14-12(17-7)10(4)13-6-11-8(2)15-16-9(11)3/h5,10,13H,6H2,1-4H3,(H,15,16). The number of rotatable bonds is 4. The van der Waals surface area contributed by atoms with E-state index in [4.69, 9.17) is 4.42 Å². The molecule has 2 heterocycles. The van der Waals surface area contributed by atoms with Gasteiger partial charge in [-0.05, 0) is 27.7 Å². The van der Waals surface area contributed by atoms with Crippen LogP contribution in [0.15, 0.2) is 10.6 Å². The lowest BCUT2D eigenvalue weighted by Crippen LogP contribution is -2.19. The molecule has 0 spiro atoms. The molecule has 2 N–H and O–H groups in total. The number of nitrogens with zero attached hydrogens (tertiary/aromatic N) is 2. The quantitative estimate of drug-likeness (QED) is 0.850. The second-order valence-electron chi connectivity index (χ2n) is 4.32. The monoisotopic (exact) mass is 234 g/mol. The molecule has 0 saturated heterocycles. The first-order valence-electron chi connectivity index (χ1n) is 5.74. The van der Waals surface area contributed by atoms with E-state index in [0.717, 1.165) is 29.6 Å². The Hall–Kier alpha value is -1.62. The molecular weight excluding hydrogens is 216 g/mol. The summed E-state index contributed by atoms with van der Waals surface area (Å²) in [5.74, 6) is 1.56. The van der Waals surface area contributed by atoms with Gasteiger partial charge in [0.05, 0.1) is 17.9 Å². The molecular formula is C12H18N4O. The summed E-state index contributed by atoms with van der Waals surface area (Å²) >= 11 is 0. The molecule has 5 nitrogen and oxygen atoms in total. The summed E-state index contributed by atoms with van der Waals surface area (Å²) in [5, 5.41) is 10.5. The van der Waals surface area contributed by atoms with Gasteiger partial charge in [0.1, 0.15) is 5.76 Å². The third-order valence-corrected chi connectivity index (χ3v) is 2.88. The van der Waals surface area contributed by atoms with E-state index in [1.807, 2.05) is 27.7 Å². The van der Waals surface area contributed by atoms with E-state index in [1.54, 1.807) is 6.20 Å². The molecule has 0 aliphatic heterocycles. The minimum atomic E-state index is 0.0948. The van der Waals surface area contributed by atoms with Gasteiger partial charge < -0.3 is 9.73 Å². The fourth-order valence-electron chi connectivity index (χ4n) is 1.75. The van der Waals surface area contributed by atoms with Crippen LogP contribution in [0.2, 0.25) is 0 Å². The molecule has 92 valence electrons. The van der Waals surface area contributed by atoms with Crippen LogP contribution in [0.4, 0.5) is 0 Å². The van der Waals surface area contributed by atoms with Gasteiger partial charge in [0, 0.05) is 17.8 Å². The number of oxazole rings is 1. The predicted octanol–water partition coefficient (Wildman–Crippen LogP) is 2.17. The summed E-state index contributed by atoms with van der Waals surface area (Å²) in [6, 6.07) is 0.0948. The third-order valence-electron chi connectivity index (χ3n) is 2.88. The molecule has 1 unspecified atom stereocenters. The van der Waals surface area contributed by atoms with Crippen molar-refractivity contribution < 1.29 is 4.42 Å². The van der Waals surface area contributed by atoms with Gasteiger partial charge in [-0.3, -0.25) is 5.10 Å². The molecule has 0 aromatic carbocycles. The molecule has 0 radical (unpaired) electrons. The second-order valence-corrected chi connectivity index (χ2v) is 4.32. The van der Waals surface area contributed by atoms with Crippen molar-refractivity contribution in [3.63, 3.8) is 0 Å². The number of aromatic nitrogens is 3. The van der Waals surface area contributed by atoms with Crippen LogP contribution in [-0.2, 0) is 6.54 Å². The number of hydrogen-bond acceptors (Lipinski definition) is 4. The van der Waals surface area contributed by atoms with Crippen LogP contribution in [0, 0.1) is 20.8 Å². The fourth-order valence-corrected chi connectivity index (χ4v) is 1.75. The van der Waals surface area contributed by atoms with E-state index in [2.05, 4.69) is 20.5 Å². The van der Waals surface area contributed by atoms with Crippen molar-refractivity contribution >= 4 is 0 Å². The Labute approximate surface area is 101 Å². The van der Waals surface area contributed by atoms with E-state index in [9.17, 15) is 0 Å². The van der Waals surface area contributed by atoms with Crippen LogP contribution in [0.5, 0.6) is 0 Å². The summed E-state index contributed by atoms with van der Waals surface area (Å²) in [6.45, 7) is 8.72. The fraction of sp³-hybridized carbons (Fsp3) is 0.500. The van der Waals surface area contributed by atoms with Crippen LogP contribution in [0.3, 0.4) is 0 Å². The van der Waals surface area contributed by atoms with Gasteiger partial charge >= 0.3 is 0 Å². The summed E-state index contributed by atoms with van der Waals surface area (Å²) < 4.78 is 5.48. The van der Waals surface area contributed by atoms with Gasteiger partial charge in [0.15, 0.2) is 0 Å². The van der Waals surface area contributed by atoms with E-state index in [0.29, 0.717) is 0 Å². The third kappa shape index (κ3) is 2.55. The Balaban J connectivity index is 1.99. The normalized spacial score (nSPS) is 12.9. The minimum absolute atomic E-state index is 0.0948. The van der Waals surface area contributed by atoms with Crippen LogP contribution in [0.1, 0.15) is 41.6 Å². The van der Waals surface area contributed by atoms with Gasteiger partial charge in [-0.25, -0.2) is 4.98 Å². The molecule has 0 amide bonds. The zero-order chi connectivity index (χ0) is 12.4. The molecule has 1 atom stereocenters. The highest BCUT2D eigenvalue weighted by molar-refractivity contribution is 5.22. The van der Waals surface area contributed by atoms with Crippen molar-refractivity contribution in [2.24, 2.45) is 0 Å². The van der Waals surface area contributed by atoms with E-state index in [1.165, 1.54) is 5.56 Å². The Bertz CT molecular complexity index is 481. The Morgan fingerprint density at radius 1 is 1.41 bits per heavy atom. The highest BCUT2D eigenvalue weighted by Gasteiger charge is 2.12. The highest BCUT2D eigenvalue weighted by atomic mass is 16.4. The number of aryl methyl sites for hydroxylation is 3. The second kappa shape index (κ2) is 4.71. The number of aromatic amines is 1. The largest absolute Gasteiger partial charge is 0.444 e. The van der Waals surface area contributed by atoms with Crippen molar-refractivity contribution in [2.45, 2.75) is 40.3 Å². The van der Waals surface area contributed by atoms with Crippen molar-refractivity contribution in [3.8, 4) is 0 Å². The molecule has 2 aromatic rings. The first-order valence-corrected chi connectivity index (χ1v) is 5.74. The minimum Gasteiger partial charge on any atom is -0.444 e. The van der Waals surface area contributed by atoms with E-state index < -0.39 is 0 Å². The van der Waals surface area contributed by atoms with Crippen LogP contribution in [-0.4, -0.2) is 15.2 Å². The SMILES string of the molecule is Cc1cnc(C(C)NCc2c(C)n[nH]c2C)o1. The Morgan fingerprint density at radius 3 is 2.71 bits per heavy atom. The van der Waals surface area contributed by atoms with Crippen molar-refractivity contribution in [2.75, 3.05) is 0 Å². The van der Waals surface area contributed by atoms with E-state index in [-0.39, 0.29) is 6.04 Å². The number of H-pyrrole nitrogens is 1. The van der Waals surface area contributed by atoms with E-state index >= 15 is 0 Å². The summed E-state index contributed by atoms with van der Waals surface area (Å²) in [7, 11) is 0. The Morgan fingerprint density at radius 2 is 2.18 bits per heavy atom. The number of nitrogens with one attached hydrogen (secondary N) is 2. The van der Waals surface area contributed by atoms with Crippen LogP contribution < -0.4 is 5.32 Å². The topological polar surface area (TPSA) is 66.7 Å². The van der Waals surface area contributed by atoms with Gasteiger partial charge in [-0.2, -0.15) is 5.10 Å². The summed E-state index contributed by atoms with van der Waals surface area (Å²) in [4.78, 5) is 4.21. The maximum absolute atomic E-state index is 5.48. The lowest BCUT2D eigenvalue weighted by atomic mass is 10.2. The van der Waals surface area contributed by atoms with Crippen LogP contribution >= 0.6 is 0 Å².